The summed E-state index contributed by atoms with van der Waals surface area (Å²) in [6.07, 6.45) is 3.47. The number of rotatable bonds is 4. The summed E-state index contributed by atoms with van der Waals surface area (Å²) in [5, 5.41) is 11.7. The summed E-state index contributed by atoms with van der Waals surface area (Å²) < 4.78 is 11.4. The van der Waals surface area contributed by atoms with Crippen LogP contribution in [0, 0.1) is 15.1 Å². The second kappa shape index (κ2) is 6.73. The van der Waals surface area contributed by atoms with Crippen LogP contribution < -0.4 is 5.32 Å². The van der Waals surface area contributed by atoms with Gasteiger partial charge in [-0.2, -0.15) is 5.26 Å². The summed E-state index contributed by atoms with van der Waals surface area (Å²) in [6, 6.07) is 5.37. The Hall–Kier alpha value is -1.33. The molecule has 0 spiro atoms. The first kappa shape index (κ1) is 14.1. The molecular weight excluding hydrogens is 359 g/mol. The van der Waals surface area contributed by atoms with Gasteiger partial charge < -0.3 is 14.5 Å². The Kier molecular flexibility index (Phi) is 4.99. The standard InChI is InChI=1S/C13H13IN2O3/c14-12-4-3-10(19-12)6-9(7-15)13(17)16-8-11-2-1-5-18-11/h3-4,6,11H,1-2,5,8H2,(H,16,17)/b9-6+/t11-/m1/s1. The minimum Gasteiger partial charge on any atom is -0.451 e. The number of hydrogen-bond donors (Lipinski definition) is 1. The van der Waals surface area contributed by atoms with E-state index in [1.165, 1.54) is 6.08 Å². The third kappa shape index (κ3) is 4.08. The second-order valence-electron chi connectivity index (χ2n) is 4.16. The van der Waals surface area contributed by atoms with Gasteiger partial charge in [0.2, 0.25) is 0 Å². The zero-order chi connectivity index (χ0) is 13.7. The molecule has 1 aliphatic heterocycles. The van der Waals surface area contributed by atoms with Crippen molar-refractivity contribution < 1.29 is 13.9 Å². The van der Waals surface area contributed by atoms with Crippen molar-refractivity contribution in [2.24, 2.45) is 0 Å². The number of amides is 1. The molecule has 1 N–H and O–H groups in total. The summed E-state index contributed by atoms with van der Waals surface area (Å²) in [4.78, 5) is 11.8. The summed E-state index contributed by atoms with van der Waals surface area (Å²) in [5.74, 6) is 0.0950. The van der Waals surface area contributed by atoms with Crippen molar-refractivity contribution >= 4 is 34.6 Å². The Morgan fingerprint density at radius 3 is 3.05 bits per heavy atom. The quantitative estimate of drug-likeness (QED) is 0.499. The summed E-state index contributed by atoms with van der Waals surface area (Å²) in [6.45, 7) is 1.18. The maximum Gasteiger partial charge on any atom is 0.262 e. The molecule has 0 aliphatic carbocycles. The minimum atomic E-state index is -0.399. The molecule has 1 aliphatic rings. The van der Waals surface area contributed by atoms with E-state index in [9.17, 15) is 4.79 Å². The number of furan rings is 1. The average Bonchev–Trinajstić information content (AvgIpc) is 3.04. The van der Waals surface area contributed by atoms with E-state index >= 15 is 0 Å². The third-order valence-electron chi connectivity index (χ3n) is 2.76. The molecule has 0 bridgehead atoms. The van der Waals surface area contributed by atoms with Gasteiger partial charge in [0.25, 0.3) is 5.91 Å². The highest BCUT2D eigenvalue weighted by molar-refractivity contribution is 14.1. The van der Waals surface area contributed by atoms with Crippen LogP contribution in [0.2, 0.25) is 0 Å². The Labute approximate surface area is 124 Å². The lowest BCUT2D eigenvalue weighted by Crippen LogP contribution is -2.32. The maximum absolute atomic E-state index is 11.8. The summed E-state index contributed by atoms with van der Waals surface area (Å²) in [7, 11) is 0. The molecule has 19 heavy (non-hydrogen) atoms. The number of nitrogens with one attached hydrogen (secondary N) is 1. The number of nitrogens with zero attached hydrogens (tertiary/aromatic N) is 1. The van der Waals surface area contributed by atoms with Gasteiger partial charge in [-0.15, -0.1) is 0 Å². The number of carbonyl (C=O) groups excluding carboxylic acids is 1. The van der Waals surface area contributed by atoms with Crippen LogP contribution >= 0.6 is 22.6 Å². The first-order chi connectivity index (χ1) is 9.19. The van der Waals surface area contributed by atoms with Crippen LogP contribution in [0.4, 0.5) is 0 Å². The van der Waals surface area contributed by atoms with Crippen molar-refractivity contribution in [3.63, 3.8) is 0 Å². The molecule has 1 atom stereocenters. The topological polar surface area (TPSA) is 75.3 Å². The Balaban J connectivity index is 1.95. The van der Waals surface area contributed by atoms with Gasteiger partial charge in [-0.1, -0.05) is 0 Å². The first-order valence-corrected chi connectivity index (χ1v) is 7.04. The van der Waals surface area contributed by atoms with E-state index in [2.05, 4.69) is 5.32 Å². The molecule has 1 saturated heterocycles. The van der Waals surface area contributed by atoms with Crippen LogP contribution in [-0.4, -0.2) is 25.2 Å². The van der Waals surface area contributed by atoms with E-state index in [4.69, 9.17) is 14.4 Å². The van der Waals surface area contributed by atoms with Crippen LogP contribution in [0.25, 0.3) is 6.08 Å². The molecule has 0 saturated carbocycles. The molecule has 1 aromatic heterocycles. The molecule has 6 heteroatoms. The van der Waals surface area contributed by atoms with Crippen LogP contribution in [0.15, 0.2) is 22.1 Å². The van der Waals surface area contributed by atoms with Gasteiger partial charge in [0.15, 0.2) is 3.77 Å². The predicted molar refractivity (Wildman–Crippen MR) is 77.0 cm³/mol. The predicted octanol–water partition coefficient (Wildman–Crippen LogP) is 2.09. The zero-order valence-electron chi connectivity index (χ0n) is 10.2. The molecule has 0 radical (unpaired) electrons. The highest BCUT2D eigenvalue weighted by Crippen LogP contribution is 2.14. The normalized spacial score (nSPS) is 19.2. The fourth-order valence-electron chi connectivity index (χ4n) is 1.80. The Morgan fingerprint density at radius 1 is 1.63 bits per heavy atom. The van der Waals surface area contributed by atoms with Gasteiger partial charge in [0.05, 0.1) is 6.10 Å². The van der Waals surface area contributed by atoms with Gasteiger partial charge in [0, 0.05) is 19.2 Å². The van der Waals surface area contributed by atoms with E-state index in [1.54, 1.807) is 12.1 Å². The zero-order valence-corrected chi connectivity index (χ0v) is 12.3. The highest BCUT2D eigenvalue weighted by Gasteiger charge is 2.17. The number of ether oxygens (including phenoxy) is 1. The SMILES string of the molecule is N#C/C(=C\c1ccc(I)o1)C(=O)NC[C@H]1CCCO1. The van der Waals surface area contributed by atoms with Gasteiger partial charge in [-0.25, -0.2) is 0 Å². The molecule has 2 rings (SSSR count). The fraction of sp³-hybridized carbons (Fsp3) is 0.385. The smallest absolute Gasteiger partial charge is 0.262 e. The molecule has 2 heterocycles. The lowest BCUT2D eigenvalue weighted by atomic mass is 10.2. The molecule has 0 aromatic carbocycles. The maximum atomic E-state index is 11.8. The average molecular weight is 372 g/mol. The van der Waals surface area contributed by atoms with Crippen LogP contribution in [0.5, 0.6) is 0 Å². The van der Waals surface area contributed by atoms with E-state index in [0.717, 1.165) is 19.4 Å². The van der Waals surface area contributed by atoms with E-state index in [0.29, 0.717) is 16.1 Å². The largest absolute Gasteiger partial charge is 0.451 e. The number of hydrogen-bond acceptors (Lipinski definition) is 4. The van der Waals surface area contributed by atoms with Gasteiger partial charge in [-0.05, 0) is 47.6 Å². The fourth-order valence-corrected chi connectivity index (χ4v) is 2.24. The highest BCUT2D eigenvalue weighted by atomic mass is 127. The van der Waals surface area contributed by atoms with Crippen LogP contribution in [0.1, 0.15) is 18.6 Å². The van der Waals surface area contributed by atoms with Crippen LogP contribution in [0.3, 0.4) is 0 Å². The summed E-state index contributed by atoms with van der Waals surface area (Å²) >= 11 is 2.02. The van der Waals surface area contributed by atoms with Gasteiger partial charge in [0.1, 0.15) is 17.4 Å². The molecule has 1 fully saturated rings. The van der Waals surface area contributed by atoms with Crippen molar-refractivity contribution in [3.05, 3.63) is 27.2 Å². The second-order valence-corrected chi connectivity index (χ2v) is 5.22. The Bertz CT molecular complexity index is 524. The van der Waals surface area contributed by atoms with Crippen molar-refractivity contribution in [1.82, 2.24) is 5.32 Å². The minimum absolute atomic E-state index is 0.0312. The van der Waals surface area contributed by atoms with Crippen molar-refractivity contribution in [1.29, 1.82) is 5.26 Å². The van der Waals surface area contributed by atoms with E-state index in [1.807, 2.05) is 28.7 Å². The summed E-state index contributed by atoms with van der Waals surface area (Å²) in [5.41, 5.74) is 0.0312. The lowest BCUT2D eigenvalue weighted by molar-refractivity contribution is -0.117. The molecule has 1 amide bonds. The molecule has 1 aromatic rings. The lowest BCUT2D eigenvalue weighted by Gasteiger charge is -2.09. The van der Waals surface area contributed by atoms with Crippen molar-refractivity contribution in [2.75, 3.05) is 13.2 Å². The Morgan fingerprint density at radius 2 is 2.47 bits per heavy atom. The van der Waals surface area contributed by atoms with Gasteiger partial charge in [-0.3, -0.25) is 4.79 Å². The number of nitriles is 1. The van der Waals surface area contributed by atoms with Crippen LogP contribution in [-0.2, 0) is 9.53 Å². The van der Waals surface area contributed by atoms with Crippen molar-refractivity contribution in [2.45, 2.75) is 18.9 Å². The number of carbonyl (C=O) groups is 1. The van der Waals surface area contributed by atoms with E-state index < -0.39 is 5.91 Å². The number of halogens is 1. The van der Waals surface area contributed by atoms with Crippen molar-refractivity contribution in [3.8, 4) is 6.07 Å². The first-order valence-electron chi connectivity index (χ1n) is 5.96. The monoisotopic (exact) mass is 372 g/mol. The molecule has 0 unspecified atom stereocenters. The van der Waals surface area contributed by atoms with Gasteiger partial charge >= 0.3 is 0 Å². The van der Waals surface area contributed by atoms with E-state index in [-0.39, 0.29) is 11.7 Å². The molecule has 100 valence electrons. The molecular formula is C13H13IN2O3. The molecule has 5 nitrogen and oxygen atoms in total. The third-order valence-corrected chi connectivity index (χ3v) is 3.34.